The number of phenols is 1. The summed E-state index contributed by atoms with van der Waals surface area (Å²) in [5.74, 6) is -0.0537. The SMILES string of the molecule is CC(C)N1CCC(N(C)C(=O)c2cc(O)ccc2N)CC1. The number of nitrogens with two attached hydrogens (primary N) is 1. The van der Waals surface area contributed by atoms with Crippen LogP contribution in [0.3, 0.4) is 0 Å². The van der Waals surface area contributed by atoms with Gasteiger partial charge in [-0.1, -0.05) is 0 Å². The first-order valence-electron chi connectivity index (χ1n) is 7.50. The van der Waals surface area contributed by atoms with Gasteiger partial charge in [-0.15, -0.1) is 0 Å². The highest BCUT2D eigenvalue weighted by molar-refractivity contribution is 5.99. The molecule has 1 heterocycles. The minimum Gasteiger partial charge on any atom is -0.508 e. The molecule has 0 bridgehead atoms. The van der Waals surface area contributed by atoms with Gasteiger partial charge in [-0.25, -0.2) is 0 Å². The first-order chi connectivity index (χ1) is 9.90. The molecule has 0 aliphatic carbocycles. The first-order valence-corrected chi connectivity index (χ1v) is 7.50. The lowest BCUT2D eigenvalue weighted by Gasteiger charge is -2.38. The van der Waals surface area contributed by atoms with E-state index >= 15 is 0 Å². The van der Waals surface area contributed by atoms with Crippen molar-refractivity contribution in [2.45, 2.75) is 38.8 Å². The molecule has 1 aliphatic heterocycles. The molecule has 0 atom stereocenters. The van der Waals surface area contributed by atoms with E-state index in [0.29, 0.717) is 17.3 Å². The molecule has 1 aromatic rings. The van der Waals surface area contributed by atoms with E-state index < -0.39 is 0 Å². The number of nitrogen functional groups attached to an aromatic ring is 1. The molecule has 116 valence electrons. The van der Waals surface area contributed by atoms with Crippen LogP contribution in [0.5, 0.6) is 5.75 Å². The number of benzene rings is 1. The van der Waals surface area contributed by atoms with Gasteiger partial charge >= 0.3 is 0 Å². The zero-order valence-electron chi connectivity index (χ0n) is 13.0. The molecule has 21 heavy (non-hydrogen) atoms. The number of anilines is 1. The quantitative estimate of drug-likeness (QED) is 0.659. The Labute approximate surface area is 126 Å². The average Bonchev–Trinajstić information content (AvgIpc) is 2.48. The van der Waals surface area contributed by atoms with Crippen LogP contribution in [0.15, 0.2) is 18.2 Å². The van der Waals surface area contributed by atoms with Gasteiger partial charge in [0.25, 0.3) is 5.91 Å². The lowest BCUT2D eigenvalue weighted by atomic mass is 10.0. The first kappa shape index (κ1) is 15.6. The maximum Gasteiger partial charge on any atom is 0.256 e. The van der Waals surface area contributed by atoms with E-state index in [9.17, 15) is 9.90 Å². The van der Waals surface area contributed by atoms with Crippen LogP contribution in [0.2, 0.25) is 0 Å². The van der Waals surface area contributed by atoms with Crippen molar-refractivity contribution in [3.05, 3.63) is 23.8 Å². The van der Waals surface area contributed by atoms with Gasteiger partial charge < -0.3 is 20.6 Å². The second-order valence-corrected chi connectivity index (χ2v) is 6.05. The van der Waals surface area contributed by atoms with Crippen LogP contribution >= 0.6 is 0 Å². The largest absolute Gasteiger partial charge is 0.508 e. The number of carbonyl (C=O) groups excluding carboxylic acids is 1. The topological polar surface area (TPSA) is 69.8 Å². The number of piperidine rings is 1. The van der Waals surface area contributed by atoms with E-state index in [1.54, 1.807) is 11.0 Å². The van der Waals surface area contributed by atoms with E-state index in [-0.39, 0.29) is 17.7 Å². The standard InChI is InChI=1S/C16H25N3O2/c1-11(2)19-8-6-12(7-9-19)18(3)16(21)14-10-13(20)4-5-15(14)17/h4-5,10-12,20H,6-9,17H2,1-3H3. The van der Waals surface area contributed by atoms with Crippen molar-refractivity contribution in [2.75, 3.05) is 25.9 Å². The summed E-state index contributed by atoms with van der Waals surface area (Å²) < 4.78 is 0. The summed E-state index contributed by atoms with van der Waals surface area (Å²) >= 11 is 0. The maximum absolute atomic E-state index is 12.6. The molecule has 5 heteroatoms. The van der Waals surface area contributed by atoms with E-state index in [0.717, 1.165) is 25.9 Å². The molecule has 1 fully saturated rings. The van der Waals surface area contributed by atoms with Crippen molar-refractivity contribution >= 4 is 11.6 Å². The predicted octanol–water partition coefficient (Wildman–Crippen LogP) is 1.92. The van der Waals surface area contributed by atoms with Gasteiger partial charge in [0.15, 0.2) is 0 Å². The summed E-state index contributed by atoms with van der Waals surface area (Å²) in [7, 11) is 1.82. The normalized spacial score (nSPS) is 17.1. The Hall–Kier alpha value is -1.75. The Bertz CT molecular complexity index is 508. The van der Waals surface area contributed by atoms with Crippen LogP contribution < -0.4 is 5.73 Å². The molecule has 1 aliphatic rings. The highest BCUT2D eigenvalue weighted by Gasteiger charge is 2.27. The second-order valence-electron chi connectivity index (χ2n) is 6.05. The summed E-state index contributed by atoms with van der Waals surface area (Å²) in [5, 5.41) is 9.54. The molecule has 0 saturated carbocycles. The molecule has 0 spiro atoms. The highest BCUT2D eigenvalue weighted by atomic mass is 16.3. The minimum atomic E-state index is -0.119. The molecule has 1 aromatic carbocycles. The fourth-order valence-electron chi connectivity index (χ4n) is 2.87. The number of carbonyl (C=O) groups is 1. The molecule has 5 nitrogen and oxygen atoms in total. The van der Waals surface area contributed by atoms with Gasteiger partial charge in [-0.2, -0.15) is 0 Å². The molecule has 1 amide bonds. The van der Waals surface area contributed by atoms with E-state index in [4.69, 9.17) is 5.73 Å². The molecule has 1 saturated heterocycles. The smallest absolute Gasteiger partial charge is 0.256 e. The van der Waals surface area contributed by atoms with Gasteiger partial charge in [0.1, 0.15) is 5.75 Å². The van der Waals surface area contributed by atoms with Crippen molar-refractivity contribution in [3.8, 4) is 5.75 Å². The van der Waals surface area contributed by atoms with E-state index in [1.807, 2.05) is 7.05 Å². The number of likely N-dealkylation sites (tertiary alicyclic amines) is 1. The van der Waals surface area contributed by atoms with Crippen molar-refractivity contribution in [3.63, 3.8) is 0 Å². The number of phenolic OH excluding ortho intramolecular Hbond substituents is 1. The molecule has 0 radical (unpaired) electrons. The average molecular weight is 291 g/mol. The van der Waals surface area contributed by atoms with Gasteiger partial charge in [0.2, 0.25) is 0 Å². The van der Waals surface area contributed by atoms with Crippen molar-refractivity contribution in [1.29, 1.82) is 0 Å². The van der Waals surface area contributed by atoms with E-state index in [1.165, 1.54) is 12.1 Å². The van der Waals surface area contributed by atoms with Crippen LogP contribution in [-0.2, 0) is 0 Å². The number of rotatable bonds is 3. The summed E-state index contributed by atoms with van der Waals surface area (Å²) in [5.41, 5.74) is 6.64. The van der Waals surface area contributed by atoms with Crippen molar-refractivity contribution in [2.24, 2.45) is 0 Å². The Kier molecular flexibility index (Phi) is 4.73. The highest BCUT2D eigenvalue weighted by Crippen LogP contribution is 2.23. The lowest BCUT2D eigenvalue weighted by molar-refractivity contribution is 0.0616. The van der Waals surface area contributed by atoms with Crippen LogP contribution in [0.4, 0.5) is 5.69 Å². The molecule has 0 aromatic heterocycles. The number of nitrogens with zero attached hydrogens (tertiary/aromatic N) is 2. The molecular formula is C16H25N3O2. The van der Waals surface area contributed by atoms with Gasteiger partial charge in [0, 0.05) is 37.9 Å². The van der Waals surface area contributed by atoms with Crippen LogP contribution in [0, 0.1) is 0 Å². The van der Waals surface area contributed by atoms with Crippen LogP contribution in [-0.4, -0.2) is 53.0 Å². The number of aromatic hydroxyl groups is 1. The molecule has 2 rings (SSSR count). The van der Waals surface area contributed by atoms with Crippen molar-refractivity contribution in [1.82, 2.24) is 9.80 Å². The fourth-order valence-corrected chi connectivity index (χ4v) is 2.87. The Balaban J connectivity index is 2.05. The summed E-state index contributed by atoms with van der Waals surface area (Å²) in [6.45, 7) is 6.41. The number of hydrogen-bond acceptors (Lipinski definition) is 4. The molecule has 3 N–H and O–H groups in total. The Morgan fingerprint density at radius 3 is 2.57 bits per heavy atom. The van der Waals surface area contributed by atoms with Gasteiger partial charge in [-0.05, 0) is 44.9 Å². The zero-order chi connectivity index (χ0) is 15.6. The Morgan fingerprint density at radius 1 is 1.38 bits per heavy atom. The van der Waals surface area contributed by atoms with Crippen molar-refractivity contribution < 1.29 is 9.90 Å². The number of hydrogen-bond donors (Lipinski definition) is 2. The van der Waals surface area contributed by atoms with Crippen LogP contribution in [0.25, 0.3) is 0 Å². The third kappa shape index (κ3) is 3.47. The summed E-state index contributed by atoms with van der Waals surface area (Å²) in [6, 6.07) is 5.28. The minimum absolute atomic E-state index is 0.0653. The van der Waals surface area contributed by atoms with E-state index in [2.05, 4.69) is 18.7 Å². The van der Waals surface area contributed by atoms with Gasteiger partial charge in [-0.3, -0.25) is 4.79 Å². The predicted molar refractivity (Wildman–Crippen MR) is 84.3 cm³/mol. The Morgan fingerprint density at radius 2 is 2.00 bits per heavy atom. The molecular weight excluding hydrogens is 266 g/mol. The lowest BCUT2D eigenvalue weighted by Crippen LogP contribution is -2.47. The summed E-state index contributed by atoms with van der Waals surface area (Å²) in [4.78, 5) is 16.7. The third-order valence-electron chi connectivity index (χ3n) is 4.36. The monoisotopic (exact) mass is 291 g/mol. The summed E-state index contributed by atoms with van der Waals surface area (Å²) in [6.07, 6.45) is 1.94. The zero-order valence-corrected chi connectivity index (χ0v) is 13.0. The second kappa shape index (κ2) is 6.35. The van der Waals surface area contributed by atoms with Crippen LogP contribution in [0.1, 0.15) is 37.0 Å². The molecule has 0 unspecified atom stereocenters. The number of amides is 1. The maximum atomic E-state index is 12.6. The third-order valence-corrected chi connectivity index (χ3v) is 4.36. The fraction of sp³-hybridized carbons (Fsp3) is 0.562. The van der Waals surface area contributed by atoms with Gasteiger partial charge in [0.05, 0.1) is 5.56 Å².